The molecule has 0 aliphatic carbocycles. The molecule has 1 aromatic carbocycles. The molecule has 0 saturated carbocycles. The van der Waals surface area contributed by atoms with Crippen LogP contribution in [0.1, 0.15) is 63.3 Å². The minimum atomic E-state index is -0.358. The van der Waals surface area contributed by atoms with Crippen LogP contribution in [0.2, 0.25) is 0 Å². The molecular weight excluding hydrogens is 470 g/mol. The summed E-state index contributed by atoms with van der Waals surface area (Å²) >= 11 is 0. The molecule has 37 heavy (non-hydrogen) atoms. The van der Waals surface area contributed by atoms with Crippen LogP contribution in [-0.4, -0.2) is 53.4 Å². The monoisotopic (exact) mass is 505 g/mol. The lowest BCUT2D eigenvalue weighted by Gasteiger charge is -2.47. The number of rotatable bonds is 11. The number of pyridine rings is 1. The number of hydrogen-bond donors (Lipinski definition) is 2. The highest BCUT2D eigenvalue weighted by Gasteiger charge is 2.45. The molecule has 9 nitrogen and oxygen atoms in total. The molecule has 1 unspecified atom stereocenters. The summed E-state index contributed by atoms with van der Waals surface area (Å²) in [6.45, 7) is 2.93. The lowest BCUT2D eigenvalue weighted by Crippen LogP contribution is -2.55. The van der Waals surface area contributed by atoms with Crippen molar-refractivity contribution in [1.29, 1.82) is 0 Å². The van der Waals surface area contributed by atoms with Crippen molar-refractivity contribution < 1.29 is 18.7 Å². The highest BCUT2D eigenvalue weighted by molar-refractivity contribution is 5.85. The standard InChI is InChI=1S/C28H35N5O4/c1-36-25-20(17-19-7-5-6-8-21(19)31-25)23-18-30-26(37-23)22(9-3-2-4-10-24(29)34)32-27(35)28-11-14-33(15-12-28)16-13-28/h5-8,17-18,22H,2-4,9-16H2,1H3,(H2,29,34)(H,32,35). The van der Waals surface area contributed by atoms with Gasteiger partial charge in [-0.25, -0.2) is 9.97 Å². The van der Waals surface area contributed by atoms with Gasteiger partial charge in [0.1, 0.15) is 6.04 Å². The molecule has 3 fully saturated rings. The maximum atomic E-state index is 13.6. The van der Waals surface area contributed by atoms with Gasteiger partial charge < -0.3 is 25.1 Å². The van der Waals surface area contributed by atoms with E-state index in [4.69, 9.17) is 14.9 Å². The van der Waals surface area contributed by atoms with E-state index >= 15 is 0 Å². The molecule has 3 saturated heterocycles. The van der Waals surface area contributed by atoms with Gasteiger partial charge in [-0.15, -0.1) is 0 Å². The predicted octanol–water partition coefficient (Wildman–Crippen LogP) is 3.98. The minimum Gasteiger partial charge on any atom is -0.480 e. The zero-order chi connectivity index (χ0) is 25.8. The molecule has 3 N–H and O–H groups in total. The fraction of sp³-hybridized carbons (Fsp3) is 0.500. The Morgan fingerprint density at radius 1 is 1.16 bits per heavy atom. The van der Waals surface area contributed by atoms with Gasteiger partial charge in [0.2, 0.25) is 23.6 Å². The van der Waals surface area contributed by atoms with E-state index in [1.54, 1.807) is 13.3 Å². The summed E-state index contributed by atoms with van der Waals surface area (Å²) in [7, 11) is 1.59. The van der Waals surface area contributed by atoms with E-state index in [2.05, 4.69) is 20.2 Å². The van der Waals surface area contributed by atoms with E-state index in [9.17, 15) is 9.59 Å². The molecular formula is C28H35N5O4. The van der Waals surface area contributed by atoms with E-state index in [1.165, 1.54) is 0 Å². The minimum absolute atomic E-state index is 0.0960. The van der Waals surface area contributed by atoms with Crippen molar-refractivity contribution in [3.8, 4) is 17.2 Å². The average Bonchev–Trinajstić information content (AvgIpc) is 3.42. The van der Waals surface area contributed by atoms with Gasteiger partial charge in [-0.2, -0.15) is 0 Å². The number of fused-ring (bicyclic) bond motifs is 4. The summed E-state index contributed by atoms with van der Waals surface area (Å²) in [5, 5.41) is 4.26. The zero-order valence-corrected chi connectivity index (χ0v) is 21.4. The third-order valence-electron chi connectivity index (χ3n) is 7.89. The van der Waals surface area contributed by atoms with Crippen molar-refractivity contribution >= 4 is 22.7 Å². The SMILES string of the molecule is COc1nc2ccccc2cc1-c1cnc(C(CCCCCC(N)=O)NC(=O)C23CCN(CC2)CC3)o1. The number of nitrogens with zero attached hydrogens (tertiary/aromatic N) is 3. The zero-order valence-electron chi connectivity index (χ0n) is 21.4. The van der Waals surface area contributed by atoms with Gasteiger partial charge in [-0.1, -0.05) is 31.0 Å². The van der Waals surface area contributed by atoms with Crippen molar-refractivity contribution in [1.82, 2.24) is 20.2 Å². The van der Waals surface area contributed by atoms with E-state index in [-0.39, 0.29) is 23.3 Å². The van der Waals surface area contributed by atoms with Crippen LogP contribution in [0.5, 0.6) is 5.88 Å². The molecule has 2 bridgehead atoms. The van der Waals surface area contributed by atoms with Crippen LogP contribution < -0.4 is 15.8 Å². The van der Waals surface area contributed by atoms with Crippen molar-refractivity contribution in [3.05, 3.63) is 42.4 Å². The third-order valence-corrected chi connectivity index (χ3v) is 7.89. The van der Waals surface area contributed by atoms with Crippen molar-refractivity contribution in [2.24, 2.45) is 11.1 Å². The van der Waals surface area contributed by atoms with E-state index in [1.807, 2.05) is 30.3 Å². The first-order valence-corrected chi connectivity index (χ1v) is 13.2. The Morgan fingerprint density at radius 2 is 1.92 bits per heavy atom. The van der Waals surface area contributed by atoms with Crippen molar-refractivity contribution in [3.63, 3.8) is 0 Å². The molecule has 9 heteroatoms. The molecule has 3 aliphatic heterocycles. The largest absolute Gasteiger partial charge is 0.480 e. The Morgan fingerprint density at radius 3 is 2.65 bits per heavy atom. The number of oxazole rings is 1. The number of nitrogens with two attached hydrogens (primary N) is 1. The maximum Gasteiger partial charge on any atom is 0.227 e. The number of benzene rings is 1. The Hall–Kier alpha value is -3.46. The predicted molar refractivity (Wildman–Crippen MR) is 140 cm³/mol. The number of ether oxygens (including phenoxy) is 1. The summed E-state index contributed by atoms with van der Waals surface area (Å²) in [6.07, 6.45) is 7.76. The molecule has 0 spiro atoms. The number of piperidine rings is 3. The molecule has 0 radical (unpaired) electrons. The summed E-state index contributed by atoms with van der Waals surface area (Å²) < 4.78 is 11.8. The number of para-hydroxylation sites is 1. The maximum absolute atomic E-state index is 13.6. The van der Waals surface area contributed by atoms with Gasteiger partial charge in [-0.05, 0) is 63.9 Å². The quantitative estimate of drug-likeness (QED) is 0.378. The molecule has 2 amide bonds. The van der Waals surface area contributed by atoms with E-state index < -0.39 is 0 Å². The second-order valence-corrected chi connectivity index (χ2v) is 10.3. The first-order chi connectivity index (χ1) is 18.0. The van der Waals surface area contributed by atoms with Gasteiger partial charge in [0.25, 0.3) is 0 Å². The number of methoxy groups -OCH3 is 1. The number of nitrogens with one attached hydrogen (secondary N) is 1. The van der Waals surface area contributed by atoms with Gasteiger partial charge in [0.15, 0.2) is 5.76 Å². The van der Waals surface area contributed by atoms with Crippen LogP contribution in [0, 0.1) is 5.41 Å². The first-order valence-electron chi connectivity index (χ1n) is 13.2. The van der Waals surface area contributed by atoms with Crippen molar-refractivity contribution in [2.45, 2.75) is 57.4 Å². The molecule has 6 rings (SSSR count). The number of unbranched alkanes of at least 4 members (excludes halogenated alkanes) is 2. The Kier molecular flexibility index (Phi) is 7.41. The van der Waals surface area contributed by atoms with Crippen LogP contribution >= 0.6 is 0 Å². The normalized spacial score (nSPS) is 21.6. The van der Waals surface area contributed by atoms with Gasteiger partial charge >= 0.3 is 0 Å². The lowest BCUT2D eigenvalue weighted by atomic mass is 9.71. The van der Waals surface area contributed by atoms with Gasteiger partial charge in [-0.3, -0.25) is 9.59 Å². The number of hydrogen-bond acceptors (Lipinski definition) is 7. The van der Waals surface area contributed by atoms with Gasteiger partial charge in [0, 0.05) is 11.8 Å². The average molecular weight is 506 g/mol. The second kappa shape index (κ2) is 10.9. The second-order valence-electron chi connectivity index (χ2n) is 10.3. The molecule has 196 valence electrons. The van der Waals surface area contributed by atoms with Crippen molar-refractivity contribution in [2.75, 3.05) is 26.7 Å². The fourth-order valence-electron chi connectivity index (χ4n) is 5.56. The number of aromatic nitrogens is 2. The van der Waals surface area contributed by atoms with Crippen LogP contribution in [0.15, 0.2) is 40.9 Å². The highest BCUT2D eigenvalue weighted by Crippen LogP contribution is 2.41. The molecule has 5 heterocycles. The number of carbonyl (C=O) groups is 2. The highest BCUT2D eigenvalue weighted by atomic mass is 16.5. The van der Waals surface area contributed by atoms with Crippen LogP contribution in [0.4, 0.5) is 0 Å². The number of carbonyl (C=O) groups excluding carboxylic acids is 2. The Balaban J connectivity index is 1.37. The Labute approximate surface area is 216 Å². The van der Waals surface area contributed by atoms with Crippen LogP contribution in [0.25, 0.3) is 22.2 Å². The lowest BCUT2D eigenvalue weighted by molar-refractivity contribution is -0.139. The topological polar surface area (TPSA) is 124 Å². The number of primary amides is 1. The summed E-state index contributed by atoms with van der Waals surface area (Å²) in [4.78, 5) is 36.3. The smallest absolute Gasteiger partial charge is 0.227 e. The molecule has 3 aromatic rings. The summed E-state index contributed by atoms with van der Waals surface area (Å²) in [5.74, 6) is 1.28. The molecule has 3 aliphatic rings. The van der Waals surface area contributed by atoms with E-state index in [0.717, 1.165) is 69.1 Å². The molecule has 2 aromatic heterocycles. The first kappa shape index (κ1) is 25.2. The Bertz CT molecular complexity index is 1250. The number of amides is 2. The van der Waals surface area contributed by atoms with Crippen LogP contribution in [0.3, 0.4) is 0 Å². The molecule has 1 atom stereocenters. The summed E-state index contributed by atoms with van der Waals surface area (Å²) in [6, 6.07) is 9.46. The fourth-order valence-corrected chi connectivity index (χ4v) is 5.56. The van der Waals surface area contributed by atoms with Crippen LogP contribution in [-0.2, 0) is 9.59 Å². The van der Waals surface area contributed by atoms with E-state index in [0.29, 0.717) is 35.9 Å². The third kappa shape index (κ3) is 5.46. The van der Waals surface area contributed by atoms with Gasteiger partial charge in [0.05, 0.1) is 29.8 Å². The summed E-state index contributed by atoms with van der Waals surface area (Å²) in [5.41, 5.74) is 6.53.